The number of aromatic nitrogens is 2. The number of hydrogen-bond donors (Lipinski definition) is 2. The summed E-state index contributed by atoms with van der Waals surface area (Å²) in [7, 11) is 0. The molecule has 1 aromatic heterocycles. The van der Waals surface area contributed by atoms with Crippen molar-refractivity contribution in [2.45, 2.75) is 38.5 Å². The lowest BCUT2D eigenvalue weighted by Gasteiger charge is -2.22. The largest absolute Gasteiger partial charge is 0.412 e. The zero-order chi connectivity index (χ0) is 16.2. The predicted octanol–water partition coefficient (Wildman–Crippen LogP) is 3.22. The summed E-state index contributed by atoms with van der Waals surface area (Å²) < 4.78 is 0. The molecule has 23 heavy (non-hydrogen) atoms. The average molecular weight is 311 g/mol. The zero-order valence-electron chi connectivity index (χ0n) is 13.8. The van der Waals surface area contributed by atoms with Gasteiger partial charge in [0.05, 0.1) is 11.9 Å². The molecule has 2 N–H and O–H groups in total. The first-order valence-electron chi connectivity index (χ1n) is 8.35. The topological polar surface area (TPSA) is 50.1 Å². The summed E-state index contributed by atoms with van der Waals surface area (Å²) in [4.78, 5) is 0.978. The van der Waals surface area contributed by atoms with Crippen molar-refractivity contribution in [2.75, 3.05) is 13.1 Å². The van der Waals surface area contributed by atoms with E-state index in [1.165, 1.54) is 22.3 Å². The molecular weight excluding hydrogens is 286 g/mol. The molecule has 2 aromatic rings. The van der Waals surface area contributed by atoms with E-state index in [0.717, 1.165) is 49.3 Å². The van der Waals surface area contributed by atoms with Crippen molar-refractivity contribution in [1.29, 1.82) is 0 Å². The molecule has 1 aliphatic heterocycles. The Hall–Kier alpha value is -2.07. The summed E-state index contributed by atoms with van der Waals surface area (Å²) in [6.07, 6.45) is 7.60. The van der Waals surface area contributed by atoms with Crippen LogP contribution in [0.5, 0.6) is 0 Å². The Morgan fingerprint density at radius 1 is 1.39 bits per heavy atom. The van der Waals surface area contributed by atoms with Gasteiger partial charge >= 0.3 is 0 Å². The van der Waals surface area contributed by atoms with Gasteiger partial charge in [-0.15, -0.1) is 16.5 Å². The number of allylic oxidation sites excluding steroid dienone is 1. The molecule has 1 aromatic carbocycles. The maximum absolute atomic E-state index is 9.79. The van der Waals surface area contributed by atoms with Crippen LogP contribution in [-0.2, 0) is 12.8 Å². The highest BCUT2D eigenvalue weighted by atomic mass is 16.5. The molecule has 122 valence electrons. The van der Waals surface area contributed by atoms with E-state index in [9.17, 15) is 5.21 Å². The normalized spacial score (nSPS) is 15.7. The molecule has 1 fully saturated rings. The van der Waals surface area contributed by atoms with Gasteiger partial charge in [-0.05, 0) is 61.9 Å². The Morgan fingerprint density at radius 2 is 2.17 bits per heavy atom. The first kappa shape index (κ1) is 15.8. The second-order valence-electron chi connectivity index (χ2n) is 6.41. The van der Waals surface area contributed by atoms with E-state index in [0.29, 0.717) is 5.92 Å². The Morgan fingerprint density at radius 3 is 2.87 bits per heavy atom. The summed E-state index contributed by atoms with van der Waals surface area (Å²) >= 11 is 0. The van der Waals surface area contributed by atoms with Crippen LogP contribution < -0.4 is 5.32 Å². The molecule has 4 heteroatoms. The lowest BCUT2D eigenvalue weighted by atomic mass is 9.89. The summed E-state index contributed by atoms with van der Waals surface area (Å²) in [5.41, 5.74) is 6.03. The van der Waals surface area contributed by atoms with Crippen molar-refractivity contribution >= 4 is 0 Å². The van der Waals surface area contributed by atoms with E-state index in [1.54, 1.807) is 6.20 Å². The first-order chi connectivity index (χ1) is 11.2. The van der Waals surface area contributed by atoms with Crippen molar-refractivity contribution in [3.63, 3.8) is 0 Å². The maximum atomic E-state index is 9.79. The van der Waals surface area contributed by atoms with Gasteiger partial charge in [0.1, 0.15) is 0 Å². The van der Waals surface area contributed by atoms with Crippen LogP contribution in [0.3, 0.4) is 0 Å². The van der Waals surface area contributed by atoms with Crippen molar-refractivity contribution in [3.8, 4) is 0 Å². The van der Waals surface area contributed by atoms with Crippen molar-refractivity contribution < 1.29 is 5.21 Å². The third-order valence-corrected chi connectivity index (χ3v) is 4.73. The number of hydrogen-bond acceptors (Lipinski definition) is 3. The molecule has 0 saturated carbocycles. The summed E-state index contributed by atoms with van der Waals surface area (Å²) in [5.74, 6) is 0.494. The Labute approximate surface area is 137 Å². The van der Waals surface area contributed by atoms with E-state index < -0.39 is 0 Å². The Balaban J connectivity index is 1.82. The van der Waals surface area contributed by atoms with Crippen LogP contribution >= 0.6 is 0 Å². The molecule has 0 atom stereocenters. The van der Waals surface area contributed by atoms with Crippen LogP contribution in [0.2, 0.25) is 0 Å². The van der Waals surface area contributed by atoms with Crippen LogP contribution in [0.1, 0.15) is 46.7 Å². The monoisotopic (exact) mass is 311 g/mol. The van der Waals surface area contributed by atoms with Gasteiger partial charge in [-0.2, -0.15) is 0 Å². The molecule has 0 radical (unpaired) electrons. The van der Waals surface area contributed by atoms with E-state index in [2.05, 4.69) is 42.1 Å². The predicted molar refractivity (Wildman–Crippen MR) is 92.1 cm³/mol. The SMILES string of the molecule is C=CCc1ccc(Cc2nn(O)cc2C2CCNCC2)cc1C. The van der Waals surface area contributed by atoms with E-state index in [1.807, 2.05) is 6.08 Å². The van der Waals surface area contributed by atoms with Crippen molar-refractivity contribution in [1.82, 2.24) is 15.3 Å². The van der Waals surface area contributed by atoms with Crippen LogP contribution in [0.15, 0.2) is 37.1 Å². The Bertz CT molecular complexity index is 684. The number of piperidine rings is 1. The molecule has 1 saturated heterocycles. The number of nitrogens with zero attached hydrogens (tertiary/aromatic N) is 2. The highest BCUT2D eigenvalue weighted by Gasteiger charge is 2.21. The molecule has 4 nitrogen and oxygen atoms in total. The molecule has 3 rings (SSSR count). The fourth-order valence-corrected chi connectivity index (χ4v) is 3.47. The minimum Gasteiger partial charge on any atom is -0.412 e. The molecular formula is C19H25N3O. The van der Waals surface area contributed by atoms with Gasteiger partial charge < -0.3 is 10.5 Å². The third-order valence-electron chi connectivity index (χ3n) is 4.73. The second kappa shape index (κ2) is 7.01. The van der Waals surface area contributed by atoms with Crippen LogP contribution in [-0.4, -0.2) is 28.2 Å². The Kier molecular flexibility index (Phi) is 4.82. The minimum absolute atomic E-state index is 0.494. The maximum Gasteiger partial charge on any atom is 0.0738 e. The number of nitrogens with one attached hydrogen (secondary N) is 1. The van der Waals surface area contributed by atoms with Gasteiger partial charge in [0.15, 0.2) is 0 Å². The molecule has 2 heterocycles. The molecule has 1 aliphatic rings. The van der Waals surface area contributed by atoms with Gasteiger partial charge in [-0.3, -0.25) is 0 Å². The lowest BCUT2D eigenvalue weighted by molar-refractivity contribution is 0.147. The first-order valence-corrected chi connectivity index (χ1v) is 8.35. The van der Waals surface area contributed by atoms with E-state index in [-0.39, 0.29) is 0 Å². The average Bonchev–Trinajstić information content (AvgIpc) is 2.91. The van der Waals surface area contributed by atoms with Gasteiger partial charge in [-0.25, -0.2) is 0 Å². The highest BCUT2D eigenvalue weighted by Crippen LogP contribution is 2.29. The second-order valence-corrected chi connectivity index (χ2v) is 6.41. The molecule has 0 unspecified atom stereocenters. The summed E-state index contributed by atoms with van der Waals surface area (Å²) in [5, 5.41) is 17.5. The van der Waals surface area contributed by atoms with Gasteiger partial charge in [-0.1, -0.05) is 24.3 Å². The van der Waals surface area contributed by atoms with Crippen molar-refractivity contribution in [2.24, 2.45) is 0 Å². The smallest absolute Gasteiger partial charge is 0.0738 e. The van der Waals surface area contributed by atoms with Gasteiger partial charge in [0, 0.05) is 12.0 Å². The molecule has 0 spiro atoms. The van der Waals surface area contributed by atoms with Gasteiger partial charge in [0.25, 0.3) is 0 Å². The standard InChI is InChI=1S/C19H25N3O/c1-3-4-16-6-5-15(11-14(16)2)12-19-18(13-22(23)21-19)17-7-9-20-10-8-17/h3,5-6,11,13,17,20,23H,1,4,7-10,12H2,2H3. The van der Waals surface area contributed by atoms with Gasteiger partial charge in [0.2, 0.25) is 0 Å². The fourth-order valence-electron chi connectivity index (χ4n) is 3.47. The number of benzene rings is 1. The van der Waals surface area contributed by atoms with Crippen LogP contribution in [0, 0.1) is 6.92 Å². The quantitative estimate of drug-likeness (QED) is 0.658. The van der Waals surface area contributed by atoms with Crippen LogP contribution in [0.4, 0.5) is 0 Å². The number of rotatable bonds is 5. The zero-order valence-corrected chi connectivity index (χ0v) is 13.8. The fraction of sp³-hybridized carbons (Fsp3) is 0.421. The lowest BCUT2D eigenvalue weighted by Crippen LogP contribution is -2.26. The summed E-state index contributed by atoms with van der Waals surface area (Å²) in [6.45, 7) is 8.02. The minimum atomic E-state index is 0.494. The van der Waals surface area contributed by atoms with Crippen molar-refractivity contribution in [3.05, 3.63) is 65.0 Å². The molecule has 0 bridgehead atoms. The number of aryl methyl sites for hydroxylation is 1. The van der Waals surface area contributed by atoms with E-state index >= 15 is 0 Å². The van der Waals surface area contributed by atoms with E-state index in [4.69, 9.17) is 0 Å². The highest BCUT2D eigenvalue weighted by molar-refractivity contribution is 5.36. The van der Waals surface area contributed by atoms with Crippen LogP contribution in [0.25, 0.3) is 0 Å². The molecule has 0 amide bonds. The summed E-state index contributed by atoms with van der Waals surface area (Å²) in [6, 6.07) is 6.56. The molecule has 0 aliphatic carbocycles. The third kappa shape index (κ3) is 3.64.